The minimum Gasteiger partial charge on any atom is -0.393 e. The number of benzene rings is 1. The van der Waals surface area contributed by atoms with E-state index in [1.54, 1.807) is 0 Å². The van der Waals surface area contributed by atoms with E-state index in [-0.39, 0.29) is 6.10 Å². The van der Waals surface area contributed by atoms with Crippen LogP contribution in [0.25, 0.3) is 27.9 Å². The van der Waals surface area contributed by atoms with Crippen LogP contribution in [0.1, 0.15) is 31.2 Å². The predicted molar refractivity (Wildman–Crippen MR) is 107 cm³/mol. The Labute approximate surface area is 157 Å². The third-order valence-electron chi connectivity index (χ3n) is 5.46. The Hall–Kier alpha value is -2.86. The molecule has 3 N–H and O–H groups in total. The van der Waals surface area contributed by atoms with Gasteiger partial charge in [-0.3, -0.25) is 0 Å². The quantitative estimate of drug-likeness (QED) is 0.517. The summed E-state index contributed by atoms with van der Waals surface area (Å²) < 4.78 is 1.89. The normalized spacial score (nSPS) is 20.4. The van der Waals surface area contributed by atoms with Crippen LogP contribution in [-0.2, 0) is 0 Å². The summed E-state index contributed by atoms with van der Waals surface area (Å²) in [5.74, 6) is 0.843. The molecule has 0 radical (unpaired) electrons. The van der Waals surface area contributed by atoms with E-state index in [2.05, 4.69) is 46.5 Å². The molecule has 0 spiro atoms. The average Bonchev–Trinajstić information content (AvgIpc) is 3.26. The zero-order valence-corrected chi connectivity index (χ0v) is 15.3. The highest BCUT2D eigenvalue weighted by Crippen LogP contribution is 2.26. The van der Waals surface area contributed by atoms with Gasteiger partial charge in [0, 0.05) is 16.9 Å². The van der Waals surface area contributed by atoms with Gasteiger partial charge in [-0.05, 0) is 62.4 Å². The molecule has 3 aromatic heterocycles. The molecular weight excluding hydrogens is 338 g/mol. The van der Waals surface area contributed by atoms with Gasteiger partial charge in [-0.1, -0.05) is 12.1 Å². The lowest BCUT2D eigenvalue weighted by molar-refractivity contribution is 0.126. The Kier molecular flexibility index (Phi) is 3.86. The van der Waals surface area contributed by atoms with Crippen molar-refractivity contribution in [1.29, 1.82) is 0 Å². The first-order chi connectivity index (χ1) is 13.2. The van der Waals surface area contributed by atoms with Crippen LogP contribution in [0, 0.1) is 6.92 Å². The number of anilines is 1. The smallest absolute Gasteiger partial charge is 0.154 e. The molecule has 6 nitrogen and oxygen atoms in total. The summed E-state index contributed by atoms with van der Waals surface area (Å²) in [4.78, 5) is 7.99. The van der Waals surface area contributed by atoms with E-state index in [4.69, 9.17) is 5.10 Å². The molecule has 1 aliphatic rings. The van der Waals surface area contributed by atoms with Crippen LogP contribution in [0.5, 0.6) is 0 Å². The SMILES string of the molecule is Cc1ccc2cc(-c3cnc4ccc(N[C@H]5CC[C@H](O)CC5)nn34)[nH]c2c1. The highest BCUT2D eigenvalue weighted by Gasteiger charge is 2.20. The molecule has 1 fully saturated rings. The molecule has 1 aliphatic carbocycles. The van der Waals surface area contributed by atoms with E-state index < -0.39 is 0 Å². The van der Waals surface area contributed by atoms with Crippen LogP contribution >= 0.6 is 0 Å². The molecule has 3 heterocycles. The molecule has 1 saturated carbocycles. The average molecular weight is 361 g/mol. The fourth-order valence-electron chi connectivity index (χ4n) is 3.94. The molecule has 6 heteroatoms. The van der Waals surface area contributed by atoms with Gasteiger partial charge in [-0.2, -0.15) is 0 Å². The maximum atomic E-state index is 9.69. The van der Waals surface area contributed by atoms with E-state index in [1.807, 2.05) is 22.8 Å². The Morgan fingerprint density at radius 3 is 2.81 bits per heavy atom. The van der Waals surface area contributed by atoms with Crippen LogP contribution < -0.4 is 5.32 Å². The molecule has 0 bridgehead atoms. The molecule has 27 heavy (non-hydrogen) atoms. The molecule has 0 unspecified atom stereocenters. The Balaban J connectivity index is 1.49. The highest BCUT2D eigenvalue weighted by molar-refractivity contribution is 5.86. The van der Waals surface area contributed by atoms with Crippen LogP contribution in [-0.4, -0.2) is 36.8 Å². The van der Waals surface area contributed by atoms with Gasteiger partial charge in [0.15, 0.2) is 5.65 Å². The lowest BCUT2D eigenvalue weighted by Crippen LogP contribution is -2.28. The second kappa shape index (κ2) is 6.39. The molecule has 0 aliphatic heterocycles. The fourth-order valence-corrected chi connectivity index (χ4v) is 3.94. The van der Waals surface area contributed by atoms with Gasteiger partial charge in [0.25, 0.3) is 0 Å². The van der Waals surface area contributed by atoms with Crippen molar-refractivity contribution in [1.82, 2.24) is 19.6 Å². The minimum atomic E-state index is -0.149. The van der Waals surface area contributed by atoms with Crippen molar-refractivity contribution in [3.05, 3.63) is 48.2 Å². The number of hydrogen-bond donors (Lipinski definition) is 3. The summed E-state index contributed by atoms with van der Waals surface area (Å²) in [7, 11) is 0. The highest BCUT2D eigenvalue weighted by atomic mass is 16.3. The number of aromatic amines is 1. The first kappa shape index (κ1) is 16.3. The van der Waals surface area contributed by atoms with Crippen molar-refractivity contribution in [2.24, 2.45) is 0 Å². The summed E-state index contributed by atoms with van der Waals surface area (Å²) in [6, 6.07) is 12.9. The number of rotatable bonds is 3. The molecule has 0 amide bonds. The molecule has 138 valence electrons. The van der Waals surface area contributed by atoms with Gasteiger partial charge in [0.05, 0.1) is 18.0 Å². The largest absolute Gasteiger partial charge is 0.393 e. The van der Waals surface area contributed by atoms with Crippen LogP contribution in [0.15, 0.2) is 42.6 Å². The number of nitrogens with zero attached hydrogens (tertiary/aromatic N) is 3. The Bertz CT molecular complexity index is 1100. The van der Waals surface area contributed by atoms with E-state index in [9.17, 15) is 5.11 Å². The second-order valence-corrected chi connectivity index (χ2v) is 7.56. The first-order valence-electron chi connectivity index (χ1n) is 9.55. The Morgan fingerprint density at radius 2 is 1.96 bits per heavy atom. The fraction of sp³-hybridized carbons (Fsp3) is 0.333. The molecule has 0 saturated heterocycles. The predicted octanol–water partition coefficient (Wildman–Crippen LogP) is 3.90. The van der Waals surface area contributed by atoms with Gasteiger partial charge in [0.1, 0.15) is 11.5 Å². The second-order valence-electron chi connectivity index (χ2n) is 7.56. The summed E-state index contributed by atoms with van der Waals surface area (Å²) in [5.41, 5.74) is 5.13. The number of aliphatic hydroxyl groups is 1. The van der Waals surface area contributed by atoms with Crippen molar-refractivity contribution >= 4 is 22.4 Å². The number of aliphatic hydroxyl groups excluding tert-OH is 1. The maximum Gasteiger partial charge on any atom is 0.154 e. The number of imidazole rings is 1. The summed E-state index contributed by atoms with van der Waals surface area (Å²) in [5, 5.41) is 19.2. The number of hydrogen-bond acceptors (Lipinski definition) is 4. The van der Waals surface area contributed by atoms with E-state index in [1.165, 1.54) is 10.9 Å². The van der Waals surface area contributed by atoms with Crippen LogP contribution in [0.2, 0.25) is 0 Å². The zero-order chi connectivity index (χ0) is 18.4. The summed E-state index contributed by atoms with van der Waals surface area (Å²) in [6.45, 7) is 2.10. The van der Waals surface area contributed by atoms with Crippen LogP contribution in [0.3, 0.4) is 0 Å². The van der Waals surface area contributed by atoms with Crippen molar-refractivity contribution in [2.75, 3.05) is 5.32 Å². The zero-order valence-electron chi connectivity index (χ0n) is 15.3. The number of aromatic nitrogens is 4. The summed E-state index contributed by atoms with van der Waals surface area (Å²) in [6.07, 6.45) is 5.36. The van der Waals surface area contributed by atoms with Crippen molar-refractivity contribution in [3.8, 4) is 11.4 Å². The lowest BCUT2D eigenvalue weighted by Gasteiger charge is -2.26. The molecule has 1 aromatic carbocycles. The van der Waals surface area contributed by atoms with Gasteiger partial charge >= 0.3 is 0 Å². The van der Waals surface area contributed by atoms with Crippen molar-refractivity contribution < 1.29 is 5.11 Å². The summed E-state index contributed by atoms with van der Waals surface area (Å²) >= 11 is 0. The van der Waals surface area contributed by atoms with Gasteiger partial charge < -0.3 is 15.4 Å². The standard InChI is InChI=1S/C21H23N5O/c1-13-2-3-14-11-18(24-17(14)10-13)19-12-22-21-9-8-20(25-26(19)21)23-15-4-6-16(27)7-5-15/h2-3,8-12,15-16,24,27H,4-7H2,1H3,(H,23,25)/t15-,16-. The molecule has 5 rings (SSSR count). The van der Waals surface area contributed by atoms with Gasteiger partial charge in [-0.15, -0.1) is 5.10 Å². The molecular formula is C21H23N5O. The van der Waals surface area contributed by atoms with E-state index in [0.29, 0.717) is 6.04 Å². The Morgan fingerprint density at radius 1 is 1.11 bits per heavy atom. The number of nitrogens with one attached hydrogen (secondary N) is 2. The third kappa shape index (κ3) is 3.06. The van der Waals surface area contributed by atoms with Crippen molar-refractivity contribution in [2.45, 2.75) is 44.8 Å². The van der Waals surface area contributed by atoms with E-state index in [0.717, 1.165) is 54.1 Å². The topological polar surface area (TPSA) is 78.2 Å². The van der Waals surface area contributed by atoms with Gasteiger partial charge in [-0.25, -0.2) is 9.50 Å². The number of H-pyrrole nitrogens is 1. The maximum absolute atomic E-state index is 9.69. The van der Waals surface area contributed by atoms with E-state index >= 15 is 0 Å². The van der Waals surface area contributed by atoms with Gasteiger partial charge in [0.2, 0.25) is 0 Å². The first-order valence-corrected chi connectivity index (χ1v) is 9.55. The molecule has 0 atom stereocenters. The van der Waals surface area contributed by atoms with Crippen LogP contribution in [0.4, 0.5) is 5.82 Å². The third-order valence-corrected chi connectivity index (χ3v) is 5.46. The lowest BCUT2D eigenvalue weighted by atomic mass is 9.93. The molecule has 4 aromatic rings. The minimum absolute atomic E-state index is 0.149. The number of aryl methyl sites for hydroxylation is 1. The van der Waals surface area contributed by atoms with Crippen molar-refractivity contribution in [3.63, 3.8) is 0 Å². The monoisotopic (exact) mass is 361 g/mol. The number of fused-ring (bicyclic) bond motifs is 2.